The number of oxime groups is 1. The molecule has 0 spiro atoms. The molecular formula is C21H23ClF3N3O3. The van der Waals surface area contributed by atoms with Crippen molar-refractivity contribution in [3.8, 4) is 0 Å². The number of alkyl halides is 3. The molecule has 0 fully saturated rings. The van der Waals surface area contributed by atoms with Crippen LogP contribution in [0.2, 0.25) is 5.22 Å². The normalized spacial score (nSPS) is 16.6. The second-order valence-electron chi connectivity index (χ2n) is 8.33. The predicted molar refractivity (Wildman–Crippen MR) is 110 cm³/mol. The maximum absolute atomic E-state index is 13.1. The lowest BCUT2D eigenvalue weighted by Crippen LogP contribution is -2.50. The Bertz CT molecular complexity index is 967. The van der Waals surface area contributed by atoms with Crippen molar-refractivity contribution in [2.75, 3.05) is 6.54 Å². The molecule has 1 atom stereocenters. The van der Waals surface area contributed by atoms with E-state index < -0.39 is 29.4 Å². The number of hydrogen-bond acceptors (Lipinski definition) is 4. The number of furan rings is 1. The number of halogens is 4. The molecule has 10 heteroatoms. The minimum Gasteiger partial charge on any atom is -0.443 e. The number of carbonyl (C=O) groups excluding carboxylic acids is 1. The first-order chi connectivity index (χ1) is 14.4. The largest absolute Gasteiger partial charge is 0.443 e. The van der Waals surface area contributed by atoms with Crippen molar-refractivity contribution >= 4 is 23.3 Å². The number of amides is 2. The third-order valence-corrected chi connectivity index (χ3v) is 4.61. The highest BCUT2D eigenvalue weighted by atomic mass is 35.5. The van der Waals surface area contributed by atoms with Crippen molar-refractivity contribution in [2.24, 2.45) is 5.16 Å². The third kappa shape index (κ3) is 6.40. The van der Waals surface area contributed by atoms with Gasteiger partial charge in [0.1, 0.15) is 5.71 Å². The average Bonchev–Trinajstić information content (AvgIpc) is 3.28. The quantitative estimate of drug-likeness (QED) is 0.648. The van der Waals surface area contributed by atoms with Gasteiger partial charge in [0.05, 0.1) is 12.1 Å². The van der Waals surface area contributed by atoms with Crippen LogP contribution in [0.15, 0.2) is 46.0 Å². The molecule has 2 aromatic rings. The summed E-state index contributed by atoms with van der Waals surface area (Å²) in [5.74, 6) is 0.469. The lowest BCUT2D eigenvalue weighted by atomic mass is 10.1. The molecule has 0 radical (unpaired) electrons. The van der Waals surface area contributed by atoms with Crippen LogP contribution in [-0.2, 0) is 17.6 Å². The number of carbonyl (C=O) groups is 1. The highest BCUT2D eigenvalue weighted by Crippen LogP contribution is 2.30. The van der Waals surface area contributed by atoms with Gasteiger partial charge < -0.3 is 19.5 Å². The molecule has 0 bridgehead atoms. The van der Waals surface area contributed by atoms with Gasteiger partial charge in [-0.2, -0.15) is 13.2 Å². The van der Waals surface area contributed by atoms with Gasteiger partial charge in [0, 0.05) is 18.5 Å². The van der Waals surface area contributed by atoms with E-state index in [2.05, 4.69) is 10.5 Å². The van der Waals surface area contributed by atoms with E-state index >= 15 is 0 Å². The zero-order valence-corrected chi connectivity index (χ0v) is 18.0. The van der Waals surface area contributed by atoms with E-state index in [9.17, 15) is 18.0 Å². The monoisotopic (exact) mass is 457 g/mol. The summed E-state index contributed by atoms with van der Waals surface area (Å²) in [7, 11) is 0. The van der Waals surface area contributed by atoms with Crippen LogP contribution in [0, 0.1) is 0 Å². The molecule has 0 saturated carbocycles. The van der Waals surface area contributed by atoms with Crippen LogP contribution in [0.4, 0.5) is 18.0 Å². The molecule has 31 heavy (non-hydrogen) atoms. The van der Waals surface area contributed by atoms with Crippen LogP contribution in [0.5, 0.6) is 0 Å². The third-order valence-electron chi connectivity index (χ3n) is 4.41. The molecule has 0 unspecified atom stereocenters. The Morgan fingerprint density at radius 3 is 2.61 bits per heavy atom. The van der Waals surface area contributed by atoms with Crippen molar-refractivity contribution in [2.45, 2.75) is 51.6 Å². The Morgan fingerprint density at radius 1 is 1.26 bits per heavy atom. The van der Waals surface area contributed by atoms with Gasteiger partial charge in [0.15, 0.2) is 17.1 Å². The average molecular weight is 458 g/mol. The van der Waals surface area contributed by atoms with Crippen molar-refractivity contribution in [3.63, 3.8) is 0 Å². The number of hydrogen-bond donors (Lipinski definition) is 1. The van der Waals surface area contributed by atoms with Gasteiger partial charge in [0.25, 0.3) is 0 Å². The first-order valence-corrected chi connectivity index (χ1v) is 10.00. The summed E-state index contributed by atoms with van der Waals surface area (Å²) >= 11 is 5.79. The fraction of sp³-hybridized carbons (Fsp3) is 0.429. The maximum atomic E-state index is 13.1. The van der Waals surface area contributed by atoms with E-state index in [1.165, 1.54) is 11.0 Å². The molecule has 0 saturated heterocycles. The van der Waals surface area contributed by atoms with Crippen molar-refractivity contribution < 1.29 is 27.2 Å². The van der Waals surface area contributed by atoms with Gasteiger partial charge in [0.2, 0.25) is 0 Å². The minimum atomic E-state index is -4.46. The Morgan fingerprint density at radius 2 is 2.00 bits per heavy atom. The van der Waals surface area contributed by atoms with Crippen molar-refractivity contribution in [1.82, 2.24) is 10.2 Å². The second kappa shape index (κ2) is 8.82. The van der Waals surface area contributed by atoms with Crippen LogP contribution in [0.1, 0.15) is 44.1 Å². The van der Waals surface area contributed by atoms with Crippen LogP contribution in [-0.4, -0.2) is 34.8 Å². The maximum Gasteiger partial charge on any atom is 0.416 e. The van der Waals surface area contributed by atoms with Gasteiger partial charge in [-0.15, -0.1) is 0 Å². The van der Waals surface area contributed by atoms with E-state index in [1.54, 1.807) is 18.2 Å². The Labute approximate surface area is 183 Å². The molecule has 1 aliphatic heterocycles. The Kier molecular flexibility index (Phi) is 6.54. The Balaban J connectivity index is 1.74. The lowest BCUT2D eigenvalue weighted by molar-refractivity contribution is -0.137. The van der Waals surface area contributed by atoms with E-state index in [1.807, 2.05) is 20.8 Å². The van der Waals surface area contributed by atoms with Crippen molar-refractivity contribution in [3.05, 3.63) is 58.5 Å². The number of nitrogens with zero attached hydrogens (tertiary/aromatic N) is 2. The highest BCUT2D eigenvalue weighted by Gasteiger charge is 2.32. The van der Waals surface area contributed by atoms with E-state index in [-0.39, 0.29) is 18.3 Å². The van der Waals surface area contributed by atoms with E-state index in [4.69, 9.17) is 20.9 Å². The number of rotatable bonds is 5. The molecule has 0 aliphatic carbocycles. The fourth-order valence-electron chi connectivity index (χ4n) is 3.07. The van der Waals surface area contributed by atoms with Crippen LogP contribution in [0.25, 0.3) is 0 Å². The first-order valence-electron chi connectivity index (χ1n) is 9.62. The summed E-state index contributed by atoms with van der Waals surface area (Å²) in [5, 5.41) is 7.06. The molecule has 1 N–H and O–H groups in total. The summed E-state index contributed by atoms with van der Waals surface area (Å²) < 4.78 is 44.6. The zero-order chi connectivity index (χ0) is 22.8. The highest BCUT2D eigenvalue weighted by molar-refractivity contribution is 6.29. The first kappa shape index (κ1) is 23.0. The number of benzene rings is 1. The summed E-state index contributed by atoms with van der Waals surface area (Å²) in [6.45, 7) is 5.57. The molecule has 168 valence electrons. The topological polar surface area (TPSA) is 67.1 Å². The predicted octanol–water partition coefficient (Wildman–Crippen LogP) is 5.46. The molecule has 1 aromatic carbocycles. The van der Waals surface area contributed by atoms with E-state index in [0.717, 1.165) is 12.1 Å². The van der Waals surface area contributed by atoms with Gasteiger partial charge in [-0.05, 0) is 62.2 Å². The molecule has 6 nitrogen and oxygen atoms in total. The summed E-state index contributed by atoms with van der Waals surface area (Å²) in [6.07, 6.45) is -4.57. The Hall–Kier alpha value is -2.68. The molecule has 1 aliphatic rings. The summed E-state index contributed by atoms with van der Waals surface area (Å²) in [5.41, 5.74) is -0.381. The van der Waals surface area contributed by atoms with Crippen LogP contribution >= 0.6 is 11.6 Å². The van der Waals surface area contributed by atoms with Gasteiger partial charge >= 0.3 is 12.2 Å². The molecule has 3 rings (SSSR count). The number of nitrogens with one attached hydrogen (secondary N) is 1. The standard InChI is InChI=1S/C21H23ClF3N3O3/c1-20(2,3)26-19(29)28(11-13-5-4-6-14(9-13)21(23,24)25)12-15-10-16(27-31-15)17-7-8-18(22)30-17/h4-9,15H,10-12H2,1-3H3,(H,26,29)/t15-/m1/s1. The lowest BCUT2D eigenvalue weighted by Gasteiger charge is -2.30. The molecule has 2 amide bonds. The van der Waals surface area contributed by atoms with Gasteiger partial charge in [-0.1, -0.05) is 17.3 Å². The zero-order valence-electron chi connectivity index (χ0n) is 17.3. The van der Waals surface area contributed by atoms with Crippen LogP contribution in [0.3, 0.4) is 0 Å². The molecule has 2 heterocycles. The van der Waals surface area contributed by atoms with Gasteiger partial charge in [-0.25, -0.2) is 4.79 Å². The summed E-state index contributed by atoms with van der Waals surface area (Å²) in [4.78, 5) is 19.7. The minimum absolute atomic E-state index is 0.0202. The smallest absolute Gasteiger partial charge is 0.416 e. The van der Waals surface area contributed by atoms with E-state index in [0.29, 0.717) is 23.5 Å². The second-order valence-corrected chi connectivity index (χ2v) is 8.70. The SMILES string of the molecule is CC(C)(C)NC(=O)N(Cc1cccc(C(F)(F)F)c1)C[C@H]1CC(c2ccc(Cl)o2)=NO1. The fourth-order valence-corrected chi connectivity index (χ4v) is 3.22. The van der Waals surface area contributed by atoms with Crippen LogP contribution < -0.4 is 5.32 Å². The van der Waals surface area contributed by atoms with Crippen molar-refractivity contribution in [1.29, 1.82) is 0 Å². The number of urea groups is 1. The molecular weight excluding hydrogens is 435 g/mol. The summed E-state index contributed by atoms with van der Waals surface area (Å²) in [6, 6.07) is 7.75. The van der Waals surface area contributed by atoms with Gasteiger partial charge in [-0.3, -0.25) is 0 Å². The molecule has 1 aromatic heterocycles.